The molecule has 0 aromatic rings. The molecule has 24 heavy (non-hydrogen) atoms. The van der Waals surface area contributed by atoms with Crippen molar-refractivity contribution in [2.24, 2.45) is 0 Å². The molecule has 1 heterocycles. The maximum Gasteiger partial charge on any atom is 0.411 e. The van der Waals surface area contributed by atoms with E-state index in [-0.39, 0.29) is 10.9 Å². The Labute approximate surface area is 147 Å². The second-order valence-electron chi connectivity index (χ2n) is 8.47. The van der Waals surface area contributed by atoms with Crippen molar-refractivity contribution in [1.29, 1.82) is 0 Å². The first kappa shape index (κ1) is 21.1. The molecule has 1 aliphatic rings. The number of hydrogen-bond acceptors (Lipinski definition) is 5. The van der Waals surface area contributed by atoms with Gasteiger partial charge in [0.1, 0.15) is 11.6 Å². The molecule has 0 aromatic carbocycles. The molecule has 1 saturated heterocycles. The molecule has 0 saturated carbocycles. The number of carbonyl (C=O) groups excluding carboxylic acids is 2. The van der Waals surface area contributed by atoms with E-state index in [1.807, 2.05) is 0 Å². The lowest BCUT2D eigenvalue weighted by Gasteiger charge is -2.45. The van der Waals surface area contributed by atoms with Gasteiger partial charge >= 0.3 is 12.1 Å². The highest BCUT2D eigenvalue weighted by Gasteiger charge is 2.45. The zero-order chi connectivity index (χ0) is 18.9. The zero-order valence-corrected chi connectivity index (χ0v) is 17.3. The van der Waals surface area contributed by atoms with E-state index >= 15 is 0 Å². The first-order valence-electron chi connectivity index (χ1n) is 8.16. The maximum atomic E-state index is 12.4. The highest BCUT2D eigenvalue weighted by atomic mass is 32.3. The van der Waals surface area contributed by atoms with Gasteiger partial charge in [-0.05, 0) is 33.3 Å². The van der Waals surface area contributed by atoms with E-state index in [0.29, 0.717) is 13.0 Å². The van der Waals surface area contributed by atoms with Gasteiger partial charge in [0.2, 0.25) is 0 Å². The van der Waals surface area contributed by atoms with Crippen LogP contribution in [0, 0.1) is 0 Å². The average molecular weight is 364 g/mol. The van der Waals surface area contributed by atoms with Crippen molar-refractivity contribution >= 4 is 22.4 Å². The minimum Gasteiger partial charge on any atom is -0.467 e. The third kappa shape index (κ3) is 5.28. The van der Waals surface area contributed by atoms with Crippen molar-refractivity contribution in [3.8, 4) is 0 Å². The minimum atomic E-state index is -1.35. The summed E-state index contributed by atoms with van der Waals surface area (Å²) in [6, 6.07) is -0.662. The zero-order valence-electron chi connectivity index (χ0n) is 16.5. The Hall–Kier alpha value is -0.950. The van der Waals surface area contributed by atoms with Crippen LogP contribution >= 0.6 is 10.3 Å². The first-order valence-corrected chi connectivity index (χ1v) is 10.5. The fourth-order valence-corrected chi connectivity index (χ4v) is 3.34. The van der Waals surface area contributed by atoms with Gasteiger partial charge in [0.15, 0.2) is 0 Å². The van der Waals surface area contributed by atoms with Gasteiger partial charge < -0.3 is 13.7 Å². The van der Waals surface area contributed by atoms with Crippen LogP contribution in [0.25, 0.3) is 0 Å². The van der Waals surface area contributed by atoms with E-state index < -0.39 is 34.0 Å². The van der Waals surface area contributed by atoms with Gasteiger partial charge in [-0.15, -0.1) is 10.3 Å². The Morgan fingerprint density at radius 3 is 2.04 bits per heavy atom. The van der Waals surface area contributed by atoms with Crippen LogP contribution in [-0.2, 0) is 18.5 Å². The van der Waals surface area contributed by atoms with Crippen molar-refractivity contribution in [2.45, 2.75) is 70.5 Å². The van der Waals surface area contributed by atoms with E-state index in [0.717, 1.165) is 0 Å². The van der Waals surface area contributed by atoms with Gasteiger partial charge in [0.05, 0.1) is 19.8 Å². The molecule has 0 aliphatic carbocycles. The van der Waals surface area contributed by atoms with E-state index in [4.69, 9.17) is 13.7 Å². The molecule has 0 radical (unpaired) electrons. The third-order valence-corrected chi connectivity index (χ3v) is 7.92. The van der Waals surface area contributed by atoms with E-state index in [1.165, 1.54) is 12.0 Å². The Morgan fingerprint density at radius 1 is 1.08 bits per heavy atom. The molecule has 0 bridgehead atoms. The van der Waals surface area contributed by atoms with E-state index in [1.54, 1.807) is 20.8 Å². The summed E-state index contributed by atoms with van der Waals surface area (Å²) in [5.41, 5.74) is -0.618. The summed E-state index contributed by atoms with van der Waals surface area (Å²) in [4.78, 5) is 26.0. The molecule has 1 aliphatic heterocycles. The van der Waals surface area contributed by atoms with E-state index in [9.17, 15) is 9.59 Å². The molecule has 1 fully saturated rings. The second-order valence-corrected chi connectivity index (χ2v) is 12.4. The Morgan fingerprint density at radius 2 is 1.62 bits per heavy atom. The van der Waals surface area contributed by atoms with Crippen LogP contribution in [0.15, 0.2) is 0 Å². The van der Waals surface area contributed by atoms with Gasteiger partial charge in [-0.1, -0.05) is 20.8 Å². The highest BCUT2D eigenvalue weighted by molar-refractivity contribution is 8.29. The first-order chi connectivity index (χ1) is 10.7. The largest absolute Gasteiger partial charge is 0.467 e. The molecule has 2 atom stereocenters. The van der Waals surface area contributed by atoms with Gasteiger partial charge in [-0.25, -0.2) is 9.59 Å². The van der Waals surface area contributed by atoms with Crippen molar-refractivity contribution in [1.82, 2.24) is 4.90 Å². The summed E-state index contributed by atoms with van der Waals surface area (Å²) in [7, 11) is -0.0246. The Kier molecular flexibility index (Phi) is 6.26. The molecule has 7 heteroatoms. The maximum absolute atomic E-state index is 12.4. The molecule has 142 valence electrons. The summed E-state index contributed by atoms with van der Waals surface area (Å²) in [5.74, 6) is -0.435. The number of methoxy groups -OCH3 is 1. The van der Waals surface area contributed by atoms with Crippen LogP contribution in [0.5, 0.6) is 0 Å². The predicted molar refractivity (Wildman–Crippen MR) is 97.4 cm³/mol. The number of likely N-dealkylation sites (tertiary alicyclic amines) is 1. The molecule has 0 spiro atoms. The normalized spacial score (nSPS) is 23.1. The van der Waals surface area contributed by atoms with Gasteiger partial charge in [-0.3, -0.25) is 4.90 Å². The molecule has 0 N–H and O–H groups in total. The fourth-order valence-electron chi connectivity index (χ4n) is 2.23. The monoisotopic (exact) mass is 363 g/mol. The average Bonchev–Trinajstić information content (AvgIpc) is 2.77. The quantitative estimate of drug-likeness (QED) is 0.720. The summed E-state index contributed by atoms with van der Waals surface area (Å²) < 4.78 is 16.6. The van der Waals surface area contributed by atoms with Crippen molar-refractivity contribution in [2.75, 3.05) is 26.2 Å². The van der Waals surface area contributed by atoms with Crippen LogP contribution in [-0.4, -0.2) is 65.6 Å². The molecule has 1 amide bonds. The van der Waals surface area contributed by atoms with Crippen LogP contribution in [0.1, 0.15) is 48.0 Å². The van der Waals surface area contributed by atoms with Gasteiger partial charge in [0, 0.05) is 11.2 Å². The summed E-state index contributed by atoms with van der Waals surface area (Å²) >= 11 is 0. The minimum absolute atomic E-state index is 0.00704. The lowest BCUT2D eigenvalue weighted by Crippen LogP contribution is -2.44. The third-order valence-electron chi connectivity index (χ3n) is 4.22. The second kappa shape index (κ2) is 7.12. The number of hydrogen-bond donors (Lipinski definition) is 0. The summed E-state index contributed by atoms with van der Waals surface area (Å²) in [6.45, 7) is 12.2. The predicted octanol–water partition coefficient (Wildman–Crippen LogP) is 3.33. The van der Waals surface area contributed by atoms with Crippen molar-refractivity contribution in [3.05, 3.63) is 0 Å². The van der Waals surface area contributed by atoms with Gasteiger partial charge in [0.25, 0.3) is 0 Å². The molecular formula is C17H33NO5S. The SMILES string of the molecule is COC(=O)[C@@H]1CC(OS(C)(C)C(C)(C)C)CN1C(=O)OC(C)(C)C. The summed E-state index contributed by atoms with van der Waals surface area (Å²) in [6.07, 6.45) is 3.93. The number of ether oxygens (including phenoxy) is 2. The topological polar surface area (TPSA) is 65.1 Å². The van der Waals surface area contributed by atoms with E-state index in [2.05, 4.69) is 33.3 Å². The van der Waals surface area contributed by atoms with Crippen molar-refractivity contribution in [3.63, 3.8) is 0 Å². The Bertz CT molecular complexity index is 478. The molecule has 6 nitrogen and oxygen atoms in total. The van der Waals surface area contributed by atoms with Crippen LogP contribution in [0.2, 0.25) is 0 Å². The standard InChI is InChI=1S/C17H33NO5S/c1-16(2,3)22-15(20)18-11-12(10-13(18)14(19)21-7)23-24(8,9)17(4,5)6/h12-13H,10-11H2,1-9H3/t12?,13-/m0/s1. The fraction of sp³-hybridized carbons (Fsp3) is 0.882. The number of carbonyl (C=O) groups is 2. The van der Waals surface area contributed by atoms with Crippen LogP contribution in [0.3, 0.4) is 0 Å². The smallest absolute Gasteiger partial charge is 0.411 e. The van der Waals surface area contributed by atoms with Crippen LogP contribution in [0.4, 0.5) is 4.79 Å². The number of amides is 1. The van der Waals surface area contributed by atoms with Crippen LogP contribution < -0.4 is 0 Å². The molecule has 1 rings (SSSR count). The highest BCUT2D eigenvalue weighted by Crippen LogP contribution is 2.55. The molecule has 1 unspecified atom stereocenters. The lowest BCUT2D eigenvalue weighted by atomic mass is 10.2. The Balaban J connectivity index is 2.92. The number of rotatable bonds is 3. The van der Waals surface area contributed by atoms with Gasteiger partial charge in [-0.2, -0.15) is 0 Å². The summed E-state index contributed by atoms with van der Waals surface area (Å²) in [5, 5.41) is 0. The molecule has 0 aromatic heterocycles. The lowest BCUT2D eigenvalue weighted by molar-refractivity contribution is -0.145. The number of esters is 1. The molecular weight excluding hydrogens is 330 g/mol. The number of nitrogens with zero attached hydrogens (tertiary/aromatic N) is 1. The van der Waals surface area contributed by atoms with Crippen molar-refractivity contribution < 1.29 is 23.2 Å².